The van der Waals surface area contributed by atoms with E-state index in [1.165, 1.54) is 0 Å². The van der Waals surface area contributed by atoms with Crippen LogP contribution in [0.3, 0.4) is 0 Å². The minimum absolute atomic E-state index is 0.194. The van der Waals surface area contributed by atoms with Crippen LogP contribution in [0.25, 0.3) is 0 Å². The molecule has 0 N–H and O–H groups in total. The summed E-state index contributed by atoms with van der Waals surface area (Å²) in [5.41, 5.74) is 1.08. The molecule has 3 rings (SSSR count). The molecule has 78 valence electrons. The molecule has 0 saturated carbocycles. The topological polar surface area (TPSA) is 42.4 Å². The highest BCUT2D eigenvalue weighted by Crippen LogP contribution is 2.37. The average Bonchev–Trinajstić information content (AvgIpc) is 2.59. The van der Waals surface area contributed by atoms with Crippen molar-refractivity contribution in [2.24, 2.45) is 0 Å². The molecule has 0 radical (unpaired) electrons. The van der Waals surface area contributed by atoms with Crippen LogP contribution in [0.5, 0.6) is 5.75 Å². The molecule has 4 heteroatoms. The van der Waals surface area contributed by atoms with Crippen LogP contribution in [0, 0.1) is 6.92 Å². The summed E-state index contributed by atoms with van der Waals surface area (Å²) >= 11 is 0. The minimum Gasteiger partial charge on any atom is -0.487 e. The van der Waals surface area contributed by atoms with Crippen molar-refractivity contribution < 1.29 is 9.53 Å². The lowest BCUT2D eigenvalue weighted by Crippen LogP contribution is -2.39. The van der Waals surface area contributed by atoms with Gasteiger partial charge in [-0.1, -0.05) is 0 Å². The maximum Gasteiger partial charge on any atom is 0.172 e. The number of nitrogens with zero attached hydrogens (tertiary/aromatic N) is 2. The second-order valence-corrected chi connectivity index (χ2v) is 4.12. The number of Topliss-reactive ketones (excluding diaryl/α,β-unsaturated/α-hetero) is 1. The van der Waals surface area contributed by atoms with Crippen molar-refractivity contribution in [1.82, 2.24) is 4.98 Å². The lowest BCUT2D eigenvalue weighted by atomic mass is 10.2. The monoisotopic (exact) mass is 204 g/mol. The third-order valence-electron chi connectivity index (χ3n) is 3.03. The number of hydrogen-bond acceptors (Lipinski definition) is 4. The molecular formula is C11H12N2O2. The second-order valence-electron chi connectivity index (χ2n) is 4.12. The van der Waals surface area contributed by atoms with Gasteiger partial charge in [0.2, 0.25) is 0 Å². The smallest absolute Gasteiger partial charge is 0.172 e. The van der Waals surface area contributed by atoms with Gasteiger partial charge in [0.1, 0.15) is 6.61 Å². The first-order valence-corrected chi connectivity index (χ1v) is 5.12. The predicted octanol–water partition coefficient (Wildman–Crippen LogP) is 0.930. The summed E-state index contributed by atoms with van der Waals surface area (Å²) in [4.78, 5) is 17.7. The largest absolute Gasteiger partial charge is 0.487 e. The average molecular weight is 204 g/mol. The Balaban J connectivity index is 2.08. The fourth-order valence-electron chi connectivity index (χ4n) is 2.25. The Bertz CT molecular complexity index is 431. The summed E-state index contributed by atoms with van der Waals surface area (Å²) in [6.07, 6.45) is 2.36. The Hall–Kier alpha value is -1.58. The number of anilines is 1. The fourth-order valence-corrected chi connectivity index (χ4v) is 2.25. The molecule has 0 amide bonds. The van der Waals surface area contributed by atoms with Gasteiger partial charge in [-0.25, -0.2) is 4.98 Å². The van der Waals surface area contributed by atoms with Gasteiger partial charge in [0, 0.05) is 12.6 Å². The van der Waals surface area contributed by atoms with Gasteiger partial charge >= 0.3 is 0 Å². The highest BCUT2D eigenvalue weighted by molar-refractivity contribution is 5.88. The van der Waals surface area contributed by atoms with E-state index in [-0.39, 0.29) is 11.8 Å². The van der Waals surface area contributed by atoms with Crippen LogP contribution in [0.15, 0.2) is 12.3 Å². The maximum absolute atomic E-state index is 11.4. The summed E-state index contributed by atoms with van der Waals surface area (Å²) in [6, 6.07) is 2.12. The zero-order valence-corrected chi connectivity index (χ0v) is 8.56. The molecule has 0 aromatic carbocycles. The molecule has 1 aromatic heterocycles. The molecule has 1 fully saturated rings. The maximum atomic E-state index is 11.4. The summed E-state index contributed by atoms with van der Waals surface area (Å²) in [5, 5.41) is 0. The predicted molar refractivity (Wildman–Crippen MR) is 55.2 cm³/mol. The van der Waals surface area contributed by atoms with Gasteiger partial charge in [0.05, 0.1) is 12.6 Å². The summed E-state index contributed by atoms with van der Waals surface area (Å²) in [7, 11) is 0. The Morgan fingerprint density at radius 3 is 3.33 bits per heavy atom. The zero-order valence-electron chi connectivity index (χ0n) is 8.56. The number of rotatable bonds is 0. The van der Waals surface area contributed by atoms with Gasteiger partial charge in [0.25, 0.3) is 0 Å². The molecule has 0 bridgehead atoms. The quantitative estimate of drug-likeness (QED) is 0.630. The number of carbonyl (C=O) groups excluding carboxylic acids is 1. The van der Waals surface area contributed by atoms with Crippen molar-refractivity contribution in [3.8, 4) is 5.75 Å². The van der Waals surface area contributed by atoms with E-state index < -0.39 is 0 Å². The molecule has 1 saturated heterocycles. The number of aryl methyl sites for hydroxylation is 1. The molecule has 0 spiro atoms. The van der Waals surface area contributed by atoms with Crippen molar-refractivity contribution >= 4 is 11.6 Å². The van der Waals surface area contributed by atoms with Crippen LogP contribution in [0.1, 0.15) is 12.0 Å². The molecule has 2 aliphatic heterocycles. The molecule has 2 aliphatic rings. The van der Waals surface area contributed by atoms with Crippen molar-refractivity contribution in [1.29, 1.82) is 0 Å². The first kappa shape index (κ1) is 8.71. The van der Waals surface area contributed by atoms with Gasteiger partial charge < -0.3 is 9.64 Å². The van der Waals surface area contributed by atoms with E-state index in [0.29, 0.717) is 19.6 Å². The summed E-state index contributed by atoms with van der Waals surface area (Å²) < 4.78 is 5.66. The van der Waals surface area contributed by atoms with Crippen LogP contribution in [-0.4, -0.2) is 30.0 Å². The Kier molecular flexibility index (Phi) is 1.71. The van der Waals surface area contributed by atoms with E-state index in [2.05, 4.69) is 9.88 Å². The lowest BCUT2D eigenvalue weighted by Gasteiger charge is -2.32. The van der Waals surface area contributed by atoms with Crippen LogP contribution >= 0.6 is 0 Å². The van der Waals surface area contributed by atoms with Crippen LogP contribution in [0.2, 0.25) is 0 Å². The Morgan fingerprint density at radius 2 is 2.47 bits per heavy atom. The van der Waals surface area contributed by atoms with Gasteiger partial charge in [-0.05, 0) is 18.6 Å². The number of aromatic nitrogens is 1. The number of ether oxygens (including phenoxy) is 1. The molecule has 0 unspecified atom stereocenters. The summed E-state index contributed by atoms with van der Waals surface area (Å²) in [6.45, 7) is 3.08. The van der Waals surface area contributed by atoms with Crippen LogP contribution in [0.4, 0.5) is 5.82 Å². The SMILES string of the molecule is Cc1ccnc2c1OC[C@@H]1CC(=O)CN21. The van der Waals surface area contributed by atoms with E-state index >= 15 is 0 Å². The van der Waals surface area contributed by atoms with Crippen molar-refractivity contribution in [2.75, 3.05) is 18.1 Å². The van der Waals surface area contributed by atoms with Gasteiger partial charge in [-0.15, -0.1) is 0 Å². The summed E-state index contributed by atoms with van der Waals surface area (Å²) in [5.74, 6) is 1.94. The molecule has 3 heterocycles. The van der Waals surface area contributed by atoms with Crippen LogP contribution in [-0.2, 0) is 4.79 Å². The lowest BCUT2D eigenvalue weighted by molar-refractivity contribution is -0.116. The Labute approximate surface area is 87.9 Å². The van der Waals surface area contributed by atoms with Crippen molar-refractivity contribution in [2.45, 2.75) is 19.4 Å². The second kappa shape index (κ2) is 2.95. The minimum atomic E-state index is 0.194. The number of hydrogen-bond donors (Lipinski definition) is 0. The number of pyridine rings is 1. The zero-order chi connectivity index (χ0) is 10.4. The van der Waals surface area contributed by atoms with E-state index in [4.69, 9.17) is 4.74 Å². The van der Waals surface area contributed by atoms with E-state index in [0.717, 1.165) is 17.1 Å². The van der Waals surface area contributed by atoms with Crippen molar-refractivity contribution in [3.63, 3.8) is 0 Å². The molecular weight excluding hydrogens is 192 g/mol. The molecule has 1 atom stereocenters. The first-order chi connectivity index (χ1) is 7.25. The fraction of sp³-hybridized carbons (Fsp3) is 0.455. The van der Waals surface area contributed by atoms with E-state index in [1.807, 2.05) is 13.0 Å². The molecule has 15 heavy (non-hydrogen) atoms. The van der Waals surface area contributed by atoms with Gasteiger partial charge in [-0.3, -0.25) is 4.79 Å². The number of ketones is 1. The highest BCUT2D eigenvalue weighted by atomic mass is 16.5. The van der Waals surface area contributed by atoms with E-state index in [9.17, 15) is 4.79 Å². The van der Waals surface area contributed by atoms with Gasteiger partial charge in [0.15, 0.2) is 17.4 Å². The molecule has 0 aliphatic carbocycles. The number of carbonyl (C=O) groups is 1. The molecule has 4 nitrogen and oxygen atoms in total. The molecule has 1 aromatic rings. The Morgan fingerprint density at radius 1 is 1.60 bits per heavy atom. The van der Waals surface area contributed by atoms with Gasteiger partial charge in [-0.2, -0.15) is 0 Å². The van der Waals surface area contributed by atoms with Crippen molar-refractivity contribution in [3.05, 3.63) is 17.8 Å². The third-order valence-corrected chi connectivity index (χ3v) is 3.03. The number of fused-ring (bicyclic) bond motifs is 3. The van der Waals surface area contributed by atoms with E-state index in [1.54, 1.807) is 6.20 Å². The normalized spacial score (nSPS) is 23.4. The van der Waals surface area contributed by atoms with Crippen LogP contribution < -0.4 is 9.64 Å². The standard InChI is InChI=1S/C11H12N2O2/c1-7-2-3-12-11-10(7)15-6-8-4-9(14)5-13(8)11/h2-3,8H,4-6H2,1H3/t8-/m0/s1. The highest BCUT2D eigenvalue weighted by Gasteiger charge is 2.37. The third kappa shape index (κ3) is 1.21. The first-order valence-electron chi connectivity index (χ1n) is 5.12.